The van der Waals surface area contributed by atoms with Gasteiger partial charge in [0.2, 0.25) is 5.88 Å². The number of nitriles is 1. The average Bonchev–Trinajstić information content (AvgIpc) is 2.38. The highest BCUT2D eigenvalue weighted by Crippen LogP contribution is 2.31. The SMILES string of the molecule is Cc1ccc(C(C)C)cc1-c1cc(=O)[nH]c(O)c1C#N. The smallest absolute Gasteiger partial charge is 0.251 e. The molecular formula is C16H16N2O2. The van der Waals surface area contributed by atoms with Gasteiger partial charge in [-0.3, -0.25) is 9.78 Å². The van der Waals surface area contributed by atoms with Gasteiger partial charge in [0, 0.05) is 11.6 Å². The summed E-state index contributed by atoms with van der Waals surface area (Å²) in [6, 6.07) is 9.26. The van der Waals surface area contributed by atoms with Crippen LogP contribution in [0.1, 0.15) is 36.5 Å². The topological polar surface area (TPSA) is 76.9 Å². The lowest BCUT2D eigenvalue weighted by Gasteiger charge is -2.12. The molecule has 0 radical (unpaired) electrons. The van der Waals surface area contributed by atoms with Crippen LogP contribution in [0.3, 0.4) is 0 Å². The number of hydrogen-bond acceptors (Lipinski definition) is 3. The summed E-state index contributed by atoms with van der Waals surface area (Å²) in [5, 5.41) is 18.9. The van der Waals surface area contributed by atoms with Crippen LogP contribution in [0.25, 0.3) is 11.1 Å². The molecule has 4 nitrogen and oxygen atoms in total. The number of nitrogens with zero attached hydrogens (tertiary/aromatic N) is 1. The van der Waals surface area contributed by atoms with Gasteiger partial charge in [-0.05, 0) is 29.5 Å². The van der Waals surface area contributed by atoms with Gasteiger partial charge in [-0.25, -0.2) is 0 Å². The summed E-state index contributed by atoms with van der Waals surface area (Å²) in [5.74, 6) is -0.0418. The molecule has 0 atom stereocenters. The van der Waals surface area contributed by atoms with Gasteiger partial charge in [-0.15, -0.1) is 0 Å². The maximum absolute atomic E-state index is 11.6. The third-order valence-corrected chi connectivity index (χ3v) is 3.35. The van der Waals surface area contributed by atoms with E-state index in [1.54, 1.807) is 0 Å². The maximum atomic E-state index is 11.6. The van der Waals surface area contributed by atoms with Gasteiger partial charge in [0.05, 0.1) is 0 Å². The lowest BCUT2D eigenvalue weighted by molar-refractivity contribution is 0.450. The minimum atomic E-state index is -0.425. The molecule has 0 unspecified atom stereocenters. The van der Waals surface area contributed by atoms with Gasteiger partial charge >= 0.3 is 0 Å². The highest BCUT2D eigenvalue weighted by atomic mass is 16.3. The fourth-order valence-corrected chi connectivity index (χ4v) is 2.16. The Morgan fingerprint density at radius 1 is 1.25 bits per heavy atom. The molecule has 1 heterocycles. The fourth-order valence-electron chi connectivity index (χ4n) is 2.16. The largest absolute Gasteiger partial charge is 0.494 e. The Morgan fingerprint density at radius 3 is 2.55 bits per heavy atom. The molecule has 0 amide bonds. The maximum Gasteiger partial charge on any atom is 0.251 e. The Balaban J connectivity index is 2.78. The minimum Gasteiger partial charge on any atom is -0.494 e. The number of nitrogens with one attached hydrogen (secondary N) is 1. The highest BCUT2D eigenvalue weighted by Gasteiger charge is 2.14. The Hall–Kier alpha value is -2.54. The quantitative estimate of drug-likeness (QED) is 0.878. The van der Waals surface area contributed by atoms with Crippen LogP contribution >= 0.6 is 0 Å². The van der Waals surface area contributed by atoms with E-state index in [-0.39, 0.29) is 11.4 Å². The monoisotopic (exact) mass is 268 g/mol. The first-order valence-electron chi connectivity index (χ1n) is 6.41. The number of aryl methyl sites for hydroxylation is 1. The molecule has 0 saturated heterocycles. The number of aromatic nitrogens is 1. The van der Waals surface area contributed by atoms with Gasteiger partial charge in [0.15, 0.2) is 0 Å². The summed E-state index contributed by atoms with van der Waals surface area (Å²) in [4.78, 5) is 13.8. The second kappa shape index (κ2) is 5.22. The summed E-state index contributed by atoms with van der Waals surface area (Å²) < 4.78 is 0. The van der Waals surface area contributed by atoms with E-state index >= 15 is 0 Å². The van der Waals surface area contributed by atoms with Crippen LogP contribution in [-0.2, 0) is 0 Å². The zero-order valence-electron chi connectivity index (χ0n) is 11.7. The average molecular weight is 268 g/mol. The lowest BCUT2D eigenvalue weighted by atomic mass is 9.92. The molecule has 0 bridgehead atoms. The fraction of sp³-hybridized carbons (Fsp3) is 0.250. The van der Waals surface area contributed by atoms with Crippen molar-refractivity contribution in [2.45, 2.75) is 26.7 Å². The molecule has 20 heavy (non-hydrogen) atoms. The number of benzene rings is 1. The van der Waals surface area contributed by atoms with Crippen LogP contribution in [0.2, 0.25) is 0 Å². The second-order valence-corrected chi connectivity index (χ2v) is 5.11. The molecule has 1 aromatic carbocycles. The summed E-state index contributed by atoms with van der Waals surface area (Å²) in [7, 11) is 0. The zero-order chi connectivity index (χ0) is 14.9. The Labute approximate surface area is 117 Å². The van der Waals surface area contributed by atoms with E-state index in [1.807, 2.05) is 31.2 Å². The van der Waals surface area contributed by atoms with E-state index < -0.39 is 5.56 Å². The molecule has 0 saturated carbocycles. The van der Waals surface area contributed by atoms with Crippen molar-refractivity contribution in [2.75, 3.05) is 0 Å². The zero-order valence-corrected chi connectivity index (χ0v) is 11.7. The van der Waals surface area contributed by atoms with Crippen molar-refractivity contribution in [1.82, 2.24) is 4.98 Å². The van der Waals surface area contributed by atoms with E-state index in [0.29, 0.717) is 11.5 Å². The normalized spacial score (nSPS) is 10.6. The Morgan fingerprint density at radius 2 is 1.95 bits per heavy atom. The third-order valence-electron chi connectivity index (χ3n) is 3.35. The Kier molecular flexibility index (Phi) is 3.62. The lowest BCUT2D eigenvalue weighted by Crippen LogP contribution is -2.06. The van der Waals surface area contributed by atoms with Crippen molar-refractivity contribution in [3.05, 3.63) is 51.3 Å². The first kappa shape index (κ1) is 13.9. The number of H-pyrrole nitrogens is 1. The van der Waals surface area contributed by atoms with Crippen molar-refractivity contribution in [2.24, 2.45) is 0 Å². The van der Waals surface area contributed by atoms with Crippen molar-refractivity contribution in [3.8, 4) is 23.1 Å². The van der Waals surface area contributed by atoms with Crippen molar-refractivity contribution >= 4 is 0 Å². The van der Waals surface area contributed by atoms with Gasteiger partial charge in [0.25, 0.3) is 5.56 Å². The molecule has 102 valence electrons. The minimum absolute atomic E-state index is 0.0913. The first-order valence-corrected chi connectivity index (χ1v) is 6.41. The van der Waals surface area contributed by atoms with E-state index in [4.69, 9.17) is 0 Å². The molecule has 0 aliphatic carbocycles. The predicted molar refractivity (Wildman–Crippen MR) is 77.7 cm³/mol. The predicted octanol–water partition coefficient (Wildman–Crippen LogP) is 3.05. The van der Waals surface area contributed by atoms with Crippen molar-refractivity contribution in [3.63, 3.8) is 0 Å². The first-order chi connectivity index (χ1) is 9.43. The van der Waals surface area contributed by atoms with E-state index in [2.05, 4.69) is 18.8 Å². The number of aromatic amines is 1. The number of rotatable bonds is 2. The third kappa shape index (κ3) is 2.43. The van der Waals surface area contributed by atoms with Crippen molar-refractivity contribution in [1.29, 1.82) is 5.26 Å². The van der Waals surface area contributed by atoms with E-state index in [1.165, 1.54) is 6.07 Å². The summed E-state index contributed by atoms with van der Waals surface area (Å²) in [6.45, 7) is 6.07. The number of pyridine rings is 1. The van der Waals surface area contributed by atoms with E-state index in [0.717, 1.165) is 16.7 Å². The molecule has 0 aliphatic heterocycles. The molecule has 2 N–H and O–H groups in total. The van der Waals surface area contributed by atoms with Crippen LogP contribution in [0.15, 0.2) is 29.1 Å². The Bertz CT molecular complexity index is 752. The second-order valence-electron chi connectivity index (χ2n) is 5.11. The van der Waals surface area contributed by atoms with Gasteiger partial charge in [-0.1, -0.05) is 32.0 Å². The van der Waals surface area contributed by atoms with Gasteiger partial charge < -0.3 is 5.11 Å². The molecule has 2 rings (SSSR count). The molecule has 2 aromatic rings. The van der Waals surface area contributed by atoms with Gasteiger partial charge in [-0.2, -0.15) is 5.26 Å². The molecular weight excluding hydrogens is 252 g/mol. The van der Waals surface area contributed by atoms with Crippen LogP contribution in [-0.4, -0.2) is 10.1 Å². The van der Waals surface area contributed by atoms with Crippen LogP contribution in [0.4, 0.5) is 0 Å². The molecule has 0 fully saturated rings. The standard InChI is InChI=1S/C16H16N2O2/c1-9(2)11-5-4-10(3)12(6-11)13-7-15(19)18-16(20)14(13)8-17/h4-7,9H,1-3H3,(H2,18,19,20). The van der Waals surface area contributed by atoms with Crippen molar-refractivity contribution < 1.29 is 5.11 Å². The number of hydrogen-bond donors (Lipinski definition) is 2. The van der Waals surface area contributed by atoms with E-state index in [9.17, 15) is 15.2 Å². The van der Waals surface area contributed by atoms with Crippen LogP contribution in [0.5, 0.6) is 5.88 Å². The summed E-state index contributed by atoms with van der Waals surface area (Å²) >= 11 is 0. The molecule has 0 aliphatic rings. The van der Waals surface area contributed by atoms with Crippen LogP contribution in [0, 0.1) is 18.3 Å². The van der Waals surface area contributed by atoms with Crippen LogP contribution < -0.4 is 5.56 Å². The highest BCUT2D eigenvalue weighted by molar-refractivity contribution is 5.75. The summed E-state index contributed by atoms with van der Waals surface area (Å²) in [6.07, 6.45) is 0. The summed E-state index contributed by atoms with van der Waals surface area (Å²) in [5.41, 5.74) is 3.01. The molecule has 0 spiro atoms. The van der Waals surface area contributed by atoms with Gasteiger partial charge in [0.1, 0.15) is 11.6 Å². The number of aromatic hydroxyl groups is 1. The molecule has 1 aromatic heterocycles. The molecule has 4 heteroatoms.